The number of hydrogen-bond acceptors (Lipinski definition) is 3. The molecule has 0 unspecified atom stereocenters. The van der Waals surface area contributed by atoms with Gasteiger partial charge in [0.1, 0.15) is 0 Å². The van der Waals surface area contributed by atoms with Crippen molar-refractivity contribution in [2.24, 2.45) is 10.7 Å². The predicted octanol–water partition coefficient (Wildman–Crippen LogP) is 1.75. The summed E-state index contributed by atoms with van der Waals surface area (Å²) in [4.78, 5) is 17.1. The second-order valence-electron chi connectivity index (χ2n) is 3.45. The monoisotopic (exact) mass is 326 g/mol. The first-order valence-corrected chi connectivity index (χ1v) is 5.67. The van der Waals surface area contributed by atoms with Crippen LogP contribution in [-0.2, 0) is 0 Å². The van der Waals surface area contributed by atoms with Crippen molar-refractivity contribution in [1.82, 2.24) is 4.90 Å². The summed E-state index contributed by atoms with van der Waals surface area (Å²) in [7, 11) is 0. The highest BCUT2D eigenvalue weighted by Crippen LogP contribution is 2.25. The average molecular weight is 328 g/mol. The zero-order valence-corrected chi connectivity index (χ0v) is 12.0. The molecular weight excluding hydrogens is 314 g/mol. The minimum atomic E-state index is -0.331. The standard InChI is InChI=1S/C10H10Cl2N4O.ClH.H2O/c11-7-2-1-6(5-8(7)12)15-10(17)16-4-3-14-9(16)13;;/h1-2,5H,3-4H2,(H2,13,14)(H,15,17);1H;1H2. The molecule has 1 heterocycles. The highest BCUT2D eigenvalue weighted by molar-refractivity contribution is 6.42. The molecule has 0 saturated heterocycles. The largest absolute Gasteiger partial charge is 0.412 e. The highest BCUT2D eigenvalue weighted by Gasteiger charge is 2.21. The van der Waals surface area contributed by atoms with Gasteiger partial charge in [-0.15, -0.1) is 12.4 Å². The number of guanidine groups is 1. The van der Waals surface area contributed by atoms with E-state index >= 15 is 0 Å². The summed E-state index contributed by atoms with van der Waals surface area (Å²) >= 11 is 11.6. The number of benzene rings is 1. The molecule has 1 aliphatic rings. The number of carbonyl (C=O) groups excluding carboxylic acids is 1. The second kappa shape index (κ2) is 7.40. The van der Waals surface area contributed by atoms with E-state index in [1.54, 1.807) is 18.2 Å². The molecule has 2 rings (SSSR count). The molecule has 5 N–H and O–H groups in total. The van der Waals surface area contributed by atoms with E-state index in [0.29, 0.717) is 28.8 Å². The molecule has 0 radical (unpaired) electrons. The van der Waals surface area contributed by atoms with Gasteiger partial charge in [0.25, 0.3) is 0 Å². The van der Waals surface area contributed by atoms with Gasteiger partial charge < -0.3 is 16.5 Å². The molecule has 1 aromatic rings. The fraction of sp³-hybridized carbons (Fsp3) is 0.200. The van der Waals surface area contributed by atoms with E-state index in [1.165, 1.54) is 4.90 Å². The maximum absolute atomic E-state index is 11.8. The number of nitrogens with one attached hydrogen (secondary N) is 1. The van der Waals surface area contributed by atoms with Crippen LogP contribution in [0, 0.1) is 0 Å². The third-order valence-electron chi connectivity index (χ3n) is 2.29. The minimum Gasteiger partial charge on any atom is -0.412 e. The Morgan fingerprint density at radius 2 is 2.05 bits per heavy atom. The summed E-state index contributed by atoms with van der Waals surface area (Å²) in [5.41, 5.74) is 6.11. The van der Waals surface area contributed by atoms with Crippen LogP contribution >= 0.6 is 35.6 Å². The van der Waals surface area contributed by atoms with Gasteiger partial charge in [0.2, 0.25) is 0 Å². The SMILES string of the molecule is Cl.NC1=NCCN1C(=O)Nc1ccc(Cl)c(Cl)c1.O. The van der Waals surface area contributed by atoms with E-state index in [9.17, 15) is 4.79 Å². The quantitative estimate of drug-likeness (QED) is 0.820. The maximum atomic E-state index is 11.8. The van der Waals surface area contributed by atoms with Crippen molar-refractivity contribution in [3.63, 3.8) is 0 Å². The van der Waals surface area contributed by atoms with E-state index in [1.807, 2.05) is 0 Å². The van der Waals surface area contributed by atoms with E-state index in [-0.39, 0.29) is 29.9 Å². The van der Waals surface area contributed by atoms with E-state index < -0.39 is 0 Å². The van der Waals surface area contributed by atoms with Crippen molar-refractivity contribution in [2.45, 2.75) is 0 Å². The first-order chi connectivity index (χ1) is 8.08. The van der Waals surface area contributed by atoms with Crippen molar-refractivity contribution in [3.8, 4) is 0 Å². The Kier molecular flexibility index (Phi) is 6.93. The fourth-order valence-electron chi connectivity index (χ4n) is 1.43. The topological polar surface area (TPSA) is 102 Å². The van der Waals surface area contributed by atoms with Crippen molar-refractivity contribution < 1.29 is 10.3 Å². The van der Waals surface area contributed by atoms with Crippen LogP contribution in [-0.4, -0.2) is 35.5 Å². The molecule has 1 aliphatic heterocycles. The molecule has 0 aliphatic carbocycles. The zero-order chi connectivity index (χ0) is 12.4. The molecule has 2 amide bonds. The first kappa shape index (κ1) is 17.8. The van der Waals surface area contributed by atoms with Crippen LogP contribution in [0.15, 0.2) is 23.2 Å². The van der Waals surface area contributed by atoms with Crippen LogP contribution in [0.25, 0.3) is 0 Å². The Morgan fingerprint density at radius 3 is 2.58 bits per heavy atom. The lowest BCUT2D eigenvalue weighted by atomic mass is 10.3. The number of hydrogen-bond donors (Lipinski definition) is 2. The molecule has 0 aromatic heterocycles. The molecule has 0 fully saturated rings. The third kappa shape index (κ3) is 4.14. The number of anilines is 1. The lowest BCUT2D eigenvalue weighted by molar-refractivity contribution is 0.236. The van der Waals surface area contributed by atoms with E-state index in [0.717, 1.165) is 0 Å². The van der Waals surface area contributed by atoms with Crippen LogP contribution < -0.4 is 11.1 Å². The molecular formula is C10H13Cl3N4O2. The number of nitrogens with zero attached hydrogens (tertiary/aromatic N) is 2. The molecule has 1 aromatic carbocycles. The molecule has 106 valence electrons. The van der Waals surface area contributed by atoms with Gasteiger partial charge in [0, 0.05) is 5.69 Å². The van der Waals surface area contributed by atoms with Gasteiger partial charge in [-0.2, -0.15) is 0 Å². The summed E-state index contributed by atoms with van der Waals surface area (Å²) in [6.45, 7) is 1.01. The zero-order valence-electron chi connectivity index (χ0n) is 9.69. The summed E-state index contributed by atoms with van der Waals surface area (Å²) < 4.78 is 0. The predicted molar refractivity (Wildman–Crippen MR) is 79.5 cm³/mol. The van der Waals surface area contributed by atoms with Gasteiger partial charge in [-0.1, -0.05) is 23.2 Å². The summed E-state index contributed by atoms with van der Waals surface area (Å²) in [6, 6.07) is 4.52. The van der Waals surface area contributed by atoms with Crippen molar-refractivity contribution in [3.05, 3.63) is 28.2 Å². The summed E-state index contributed by atoms with van der Waals surface area (Å²) in [5.74, 6) is 0.225. The Hall–Kier alpha value is -1.21. The van der Waals surface area contributed by atoms with Crippen molar-refractivity contribution in [2.75, 3.05) is 18.4 Å². The Bertz CT molecular complexity index is 496. The summed E-state index contributed by atoms with van der Waals surface area (Å²) in [5, 5.41) is 3.48. The van der Waals surface area contributed by atoms with Gasteiger partial charge in [-0.05, 0) is 18.2 Å². The van der Waals surface area contributed by atoms with Crippen LogP contribution in [0.1, 0.15) is 0 Å². The van der Waals surface area contributed by atoms with Crippen LogP contribution in [0.3, 0.4) is 0 Å². The molecule has 19 heavy (non-hydrogen) atoms. The number of urea groups is 1. The maximum Gasteiger partial charge on any atom is 0.328 e. The Balaban J connectivity index is 0.00000162. The fourth-order valence-corrected chi connectivity index (χ4v) is 1.73. The lowest BCUT2D eigenvalue weighted by Gasteiger charge is -2.16. The number of amides is 2. The van der Waals surface area contributed by atoms with Gasteiger partial charge in [-0.25, -0.2) is 4.79 Å². The number of nitrogens with two attached hydrogens (primary N) is 1. The van der Waals surface area contributed by atoms with Crippen LogP contribution in [0.2, 0.25) is 10.0 Å². The minimum absolute atomic E-state index is 0. The Labute approximate surface area is 126 Å². The second-order valence-corrected chi connectivity index (χ2v) is 4.26. The van der Waals surface area contributed by atoms with Gasteiger partial charge in [0.05, 0.1) is 23.1 Å². The van der Waals surface area contributed by atoms with E-state index in [2.05, 4.69) is 10.3 Å². The number of aliphatic imine (C=N–C) groups is 1. The van der Waals surface area contributed by atoms with Gasteiger partial charge in [-0.3, -0.25) is 9.89 Å². The number of halogens is 3. The molecule has 0 saturated carbocycles. The molecule has 9 heteroatoms. The first-order valence-electron chi connectivity index (χ1n) is 4.91. The van der Waals surface area contributed by atoms with Gasteiger partial charge in [0.15, 0.2) is 5.96 Å². The molecule has 6 nitrogen and oxygen atoms in total. The van der Waals surface area contributed by atoms with Crippen molar-refractivity contribution >= 4 is 53.3 Å². The smallest absolute Gasteiger partial charge is 0.328 e. The Morgan fingerprint density at radius 1 is 1.37 bits per heavy atom. The average Bonchev–Trinajstić information content (AvgIpc) is 2.70. The van der Waals surface area contributed by atoms with Gasteiger partial charge >= 0.3 is 6.03 Å². The number of carbonyl (C=O) groups is 1. The van der Waals surface area contributed by atoms with Crippen LogP contribution in [0.5, 0.6) is 0 Å². The number of rotatable bonds is 1. The van der Waals surface area contributed by atoms with Crippen molar-refractivity contribution in [1.29, 1.82) is 0 Å². The van der Waals surface area contributed by atoms with Crippen LogP contribution in [0.4, 0.5) is 10.5 Å². The van der Waals surface area contributed by atoms with E-state index in [4.69, 9.17) is 28.9 Å². The lowest BCUT2D eigenvalue weighted by Crippen LogP contribution is -2.41. The summed E-state index contributed by atoms with van der Waals surface area (Å²) in [6.07, 6.45) is 0. The molecule has 0 bridgehead atoms. The normalized spacial score (nSPS) is 13.2. The third-order valence-corrected chi connectivity index (χ3v) is 3.03. The molecule has 0 atom stereocenters. The highest BCUT2D eigenvalue weighted by atomic mass is 35.5. The molecule has 0 spiro atoms.